The van der Waals surface area contributed by atoms with Gasteiger partial charge in [-0.1, -0.05) is 66.8 Å². The molecule has 2 amide bonds. The van der Waals surface area contributed by atoms with Gasteiger partial charge < -0.3 is 10.2 Å². The maximum atomic E-state index is 13.2. The summed E-state index contributed by atoms with van der Waals surface area (Å²) in [7, 11) is 0. The Morgan fingerprint density at radius 2 is 1.68 bits per heavy atom. The lowest BCUT2D eigenvalue weighted by Gasteiger charge is -2.30. The van der Waals surface area contributed by atoms with E-state index in [0.29, 0.717) is 33.8 Å². The van der Waals surface area contributed by atoms with Crippen molar-refractivity contribution < 1.29 is 9.59 Å². The Morgan fingerprint density at radius 1 is 1.00 bits per heavy atom. The van der Waals surface area contributed by atoms with Crippen LogP contribution in [0.2, 0.25) is 15.1 Å². The van der Waals surface area contributed by atoms with Crippen LogP contribution in [0.1, 0.15) is 37.8 Å². The van der Waals surface area contributed by atoms with Gasteiger partial charge in [-0.05, 0) is 48.2 Å². The fourth-order valence-corrected chi connectivity index (χ4v) is 4.36. The van der Waals surface area contributed by atoms with Crippen LogP contribution in [0.25, 0.3) is 0 Å². The third kappa shape index (κ3) is 8.23. The second-order valence-corrected chi connectivity index (χ2v) is 9.34. The molecule has 31 heavy (non-hydrogen) atoms. The number of amides is 2. The molecule has 2 rings (SSSR count). The molecule has 8 heteroatoms. The summed E-state index contributed by atoms with van der Waals surface area (Å²) in [5.41, 5.74) is 1.91. The summed E-state index contributed by atoms with van der Waals surface area (Å²) in [5, 5.41) is 4.47. The van der Waals surface area contributed by atoms with Crippen molar-refractivity contribution in [3.63, 3.8) is 0 Å². The fourth-order valence-electron chi connectivity index (χ4n) is 3.04. The predicted molar refractivity (Wildman–Crippen MR) is 132 cm³/mol. The molecule has 0 unspecified atom stereocenters. The van der Waals surface area contributed by atoms with Crippen LogP contribution in [0.5, 0.6) is 0 Å². The first-order chi connectivity index (χ1) is 14.8. The lowest BCUT2D eigenvalue weighted by atomic mass is 10.1. The number of thioether (sulfide) groups is 1. The van der Waals surface area contributed by atoms with Crippen molar-refractivity contribution in [3.05, 3.63) is 68.7 Å². The number of benzene rings is 2. The van der Waals surface area contributed by atoms with Gasteiger partial charge in [0.2, 0.25) is 11.8 Å². The van der Waals surface area contributed by atoms with Gasteiger partial charge in [0.15, 0.2) is 0 Å². The second-order valence-electron chi connectivity index (χ2n) is 7.10. The number of carbonyl (C=O) groups excluding carboxylic acids is 2. The van der Waals surface area contributed by atoms with Gasteiger partial charge in [0.1, 0.15) is 6.04 Å². The minimum absolute atomic E-state index is 0.0939. The summed E-state index contributed by atoms with van der Waals surface area (Å²) < 4.78 is 0. The van der Waals surface area contributed by atoms with Gasteiger partial charge in [-0.2, -0.15) is 0 Å². The lowest BCUT2D eigenvalue weighted by Crippen LogP contribution is -2.49. The second kappa shape index (κ2) is 13.2. The Labute approximate surface area is 203 Å². The van der Waals surface area contributed by atoms with Gasteiger partial charge in [-0.15, -0.1) is 11.8 Å². The van der Waals surface area contributed by atoms with E-state index in [2.05, 4.69) is 5.32 Å². The Kier molecular flexibility index (Phi) is 11.0. The molecule has 0 aliphatic heterocycles. The van der Waals surface area contributed by atoms with Crippen LogP contribution in [0.15, 0.2) is 42.5 Å². The van der Waals surface area contributed by atoms with E-state index in [0.717, 1.165) is 17.5 Å². The van der Waals surface area contributed by atoms with E-state index in [1.807, 2.05) is 44.2 Å². The summed E-state index contributed by atoms with van der Waals surface area (Å²) in [6.45, 7) is 4.77. The summed E-state index contributed by atoms with van der Waals surface area (Å²) in [6.07, 6.45) is 1.35. The molecule has 168 valence electrons. The number of carbonyl (C=O) groups is 2. The number of halogens is 3. The van der Waals surface area contributed by atoms with Crippen molar-refractivity contribution in [3.8, 4) is 0 Å². The number of rotatable bonds is 11. The van der Waals surface area contributed by atoms with E-state index >= 15 is 0 Å². The zero-order valence-electron chi connectivity index (χ0n) is 17.7. The van der Waals surface area contributed by atoms with Crippen LogP contribution < -0.4 is 5.32 Å². The normalized spacial score (nSPS) is 11.8. The summed E-state index contributed by atoms with van der Waals surface area (Å²) in [6, 6.07) is 12.3. The van der Waals surface area contributed by atoms with Gasteiger partial charge >= 0.3 is 0 Å². The smallest absolute Gasteiger partial charge is 0.242 e. The molecule has 1 N–H and O–H groups in total. The van der Waals surface area contributed by atoms with E-state index in [1.165, 1.54) is 11.8 Å². The first-order valence-electron chi connectivity index (χ1n) is 10.2. The predicted octanol–water partition coefficient (Wildman–Crippen LogP) is 6.21. The molecule has 0 aromatic heterocycles. The molecular formula is C23H27Cl3N2O2S. The topological polar surface area (TPSA) is 49.4 Å². The molecule has 0 saturated carbocycles. The summed E-state index contributed by atoms with van der Waals surface area (Å²) >= 11 is 19.6. The number of nitrogens with zero attached hydrogens (tertiary/aromatic N) is 1. The van der Waals surface area contributed by atoms with Gasteiger partial charge in [-0.3, -0.25) is 9.59 Å². The first-order valence-corrected chi connectivity index (χ1v) is 12.5. The molecule has 0 aliphatic rings. The number of hydrogen-bond donors (Lipinski definition) is 1. The van der Waals surface area contributed by atoms with Crippen LogP contribution in [-0.2, 0) is 21.9 Å². The molecule has 0 aliphatic carbocycles. The first kappa shape index (κ1) is 25.9. The molecule has 0 radical (unpaired) electrons. The van der Waals surface area contributed by atoms with Crippen molar-refractivity contribution in [2.75, 3.05) is 12.3 Å². The highest BCUT2D eigenvalue weighted by Gasteiger charge is 2.28. The third-order valence-electron chi connectivity index (χ3n) is 4.68. The Hall–Kier alpha value is -1.40. The van der Waals surface area contributed by atoms with Crippen LogP contribution in [0, 0.1) is 0 Å². The maximum Gasteiger partial charge on any atom is 0.242 e. The van der Waals surface area contributed by atoms with Crippen molar-refractivity contribution in [1.29, 1.82) is 0 Å². The molecule has 0 saturated heterocycles. The zero-order chi connectivity index (χ0) is 22.8. The molecule has 1 atom stereocenters. The van der Waals surface area contributed by atoms with Gasteiger partial charge in [0.25, 0.3) is 0 Å². The molecule has 0 fully saturated rings. The van der Waals surface area contributed by atoms with Crippen LogP contribution in [0.3, 0.4) is 0 Å². The van der Waals surface area contributed by atoms with Crippen LogP contribution in [0.4, 0.5) is 0 Å². The Bertz CT molecular complexity index is 878. The minimum Gasteiger partial charge on any atom is -0.354 e. The highest BCUT2D eigenvalue weighted by molar-refractivity contribution is 7.99. The van der Waals surface area contributed by atoms with Gasteiger partial charge in [0.05, 0.1) is 15.8 Å². The molecule has 2 aromatic rings. The highest BCUT2D eigenvalue weighted by Crippen LogP contribution is 2.24. The van der Waals surface area contributed by atoms with E-state index < -0.39 is 6.04 Å². The maximum absolute atomic E-state index is 13.2. The Balaban J connectivity index is 2.13. The molecule has 0 heterocycles. The summed E-state index contributed by atoms with van der Waals surface area (Å²) in [5.74, 6) is 0.716. The van der Waals surface area contributed by atoms with Gasteiger partial charge in [0, 0.05) is 23.9 Å². The molecular weight excluding hydrogens is 475 g/mol. The van der Waals surface area contributed by atoms with Crippen molar-refractivity contribution in [2.24, 2.45) is 0 Å². The lowest BCUT2D eigenvalue weighted by molar-refractivity contribution is -0.139. The monoisotopic (exact) mass is 500 g/mol. The van der Waals surface area contributed by atoms with Crippen molar-refractivity contribution in [1.82, 2.24) is 10.2 Å². The van der Waals surface area contributed by atoms with E-state index in [4.69, 9.17) is 34.8 Å². The summed E-state index contributed by atoms with van der Waals surface area (Å²) in [4.78, 5) is 27.6. The molecule has 2 aromatic carbocycles. The van der Waals surface area contributed by atoms with E-state index in [9.17, 15) is 9.59 Å². The quantitative estimate of drug-likeness (QED) is 0.398. The SMILES string of the molecule is CCCNC(=O)[C@@H](CC)N(Cc1ccc(Cl)c(Cl)c1)C(=O)CSCc1ccc(Cl)cc1. The van der Waals surface area contributed by atoms with Crippen LogP contribution in [-0.4, -0.2) is 35.1 Å². The number of hydrogen-bond acceptors (Lipinski definition) is 3. The molecule has 0 bridgehead atoms. The highest BCUT2D eigenvalue weighted by atomic mass is 35.5. The fraction of sp³-hybridized carbons (Fsp3) is 0.391. The van der Waals surface area contributed by atoms with Crippen LogP contribution >= 0.6 is 46.6 Å². The Morgan fingerprint density at radius 3 is 2.29 bits per heavy atom. The molecule has 4 nitrogen and oxygen atoms in total. The van der Waals surface area contributed by atoms with E-state index in [1.54, 1.807) is 17.0 Å². The average Bonchev–Trinajstić information content (AvgIpc) is 2.75. The largest absolute Gasteiger partial charge is 0.354 e. The number of nitrogens with one attached hydrogen (secondary N) is 1. The van der Waals surface area contributed by atoms with Crippen molar-refractivity contribution >= 4 is 58.4 Å². The minimum atomic E-state index is -0.551. The molecule has 0 spiro atoms. The average molecular weight is 502 g/mol. The van der Waals surface area contributed by atoms with Crippen molar-refractivity contribution in [2.45, 2.75) is 45.0 Å². The third-order valence-corrected chi connectivity index (χ3v) is 6.66. The van der Waals surface area contributed by atoms with Gasteiger partial charge in [-0.25, -0.2) is 0 Å². The zero-order valence-corrected chi connectivity index (χ0v) is 20.8. The standard InChI is InChI=1S/C23H27Cl3N2O2S/c1-3-11-27-23(30)21(4-2)28(13-17-7-10-19(25)20(26)12-17)22(29)15-31-14-16-5-8-18(24)9-6-16/h5-10,12,21H,3-4,11,13-15H2,1-2H3,(H,27,30)/t21-/m1/s1. The van der Waals surface area contributed by atoms with E-state index in [-0.39, 0.29) is 24.1 Å².